The van der Waals surface area contributed by atoms with Crippen molar-refractivity contribution in [2.45, 2.75) is 83.1 Å². The van der Waals surface area contributed by atoms with Gasteiger partial charge in [0, 0.05) is 31.1 Å². The van der Waals surface area contributed by atoms with Gasteiger partial charge in [0.15, 0.2) is 0 Å². The smallest absolute Gasteiger partial charge is 0.409 e. The molecule has 3 unspecified atom stereocenters. The van der Waals surface area contributed by atoms with Crippen molar-refractivity contribution in [3.63, 3.8) is 0 Å². The van der Waals surface area contributed by atoms with Gasteiger partial charge in [-0.3, -0.25) is 9.00 Å². The van der Waals surface area contributed by atoms with E-state index in [4.69, 9.17) is 10.5 Å². The second-order valence-electron chi connectivity index (χ2n) is 11.6. The van der Waals surface area contributed by atoms with Crippen molar-refractivity contribution in [3.8, 4) is 6.07 Å². The van der Waals surface area contributed by atoms with Crippen molar-refractivity contribution in [2.24, 2.45) is 5.73 Å². The average molecular weight is 596 g/mol. The average Bonchev–Trinajstić information content (AvgIpc) is 2.96. The highest BCUT2D eigenvalue weighted by atomic mass is 32.2. The molecule has 1 aliphatic heterocycles. The topological polar surface area (TPSA) is 140 Å². The lowest BCUT2D eigenvalue weighted by atomic mass is 9.85. The zero-order valence-corrected chi connectivity index (χ0v) is 26.3. The van der Waals surface area contributed by atoms with Crippen LogP contribution in [-0.2, 0) is 33.5 Å². The van der Waals surface area contributed by atoms with Crippen molar-refractivity contribution in [1.82, 2.24) is 9.80 Å². The van der Waals surface area contributed by atoms with Crippen LogP contribution < -0.4 is 5.73 Å². The second-order valence-corrected chi connectivity index (χ2v) is 12.5. The van der Waals surface area contributed by atoms with Gasteiger partial charge in [-0.15, -0.1) is 0 Å². The minimum Gasteiger partial charge on any atom is -0.768 e. The quantitative estimate of drug-likeness (QED) is 0.397. The Bertz CT molecular complexity index is 1350. The van der Waals surface area contributed by atoms with Gasteiger partial charge in [-0.25, -0.2) is 4.79 Å². The van der Waals surface area contributed by atoms with E-state index in [-0.39, 0.29) is 36.2 Å². The number of carbonyl (C=O) groups excluding carboxylic acids is 2. The molecule has 42 heavy (non-hydrogen) atoms. The number of nitrogens with zero attached hydrogens (tertiary/aromatic N) is 3. The van der Waals surface area contributed by atoms with Gasteiger partial charge in [-0.1, -0.05) is 52.8 Å². The minimum absolute atomic E-state index is 0.0381. The Balaban J connectivity index is 1.86. The Morgan fingerprint density at radius 2 is 1.60 bits per heavy atom. The molecule has 0 aliphatic carbocycles. The number of ether oxygens (including phenoxy) is 1. The molecule has 3 rings (SSSR count). The molecular formula is C32H43N4O5S-. The summed E-state index contributed by atoms with van der Waals surface area (Å²) in [6.45, 7) is 13.7. The number of amides is 2. The Kier molecular flexibility index (Phi) is 11.7. The summed E-state index contributed by atoms with van der Waals surface area (Å²) in [5.74, 6) is -0.0915. The first-order chi connectivity index (χ1) is 19.9. The molecule has 2 amide bonds. The number of carbonyl (C=O) groups is 2. The lowest BCUT2D eigenvalue weighted by Gasteiger charge is -2.35. The van der Waals surface area contributed by atoms with Gasteiger partial charge < -0.3 is 24.8 Å². The second kappa shape index (κ2) is 14.8. The predicted octanol–water partition coefficient (Wildman–Crippen LogP) is 4.56. The SMILES string of the molecule is CCOC(=O)N1CCN(C(=O)C(N)Cc2cc(C#N)ccc2CC(C)c2cc(C(C)C)cc(C(C)C)c2S(=O)[O-])CC1. The van der Waals surface area contributed by atoms with Crippen molar-refractivity contribution < 1.29 is 23.1 Å². The molecule has 1 saturated heterocycles. The first kappa shape index (κ1) is 33.2. The van der Waals surface area contributed by atoms with Crippen LogP contribution in [0.2, 0.25) is 0 Å². The highest BCUT2D eigenvalue weighted by Gasteiger charge is 2.29. The lowest BCUT2D eigenvalue weighted by molar-refractivity contribution is -0.134. The molecule has 2 aromatic rings. The third-order valence-corrected chi connectivity index (χ3v) is 8.70. The Morgan fingerprint density at radius 3 is 2.14 bits per heavy atom. The van der Waals surface area contributed by atoms with E-state index in [2.05, 4.69) is 19.9 Å². The highest BCUT2D eigenvalue weighted by Crippen LogP contribution is 2.35. The molecule has 10 heteroatoms. The summed E-state index contributed by atoms with van der Waals surface area (Å²) in [5, 5.41) is 9.56. The normalized spacial score (nSPS) is 15.8. The predicted molar refractivity (Wildman–Crippen MR) is 162 cm³/mol. The Labute approximate surface area is 252 Å². The van der Waals surface area contributed by atoms with Crippen LogP contribution in [0, 0.1) is 11.3 Å². The molecule has 0 aromatic heterocycles. The highest BCUT2D eigenvalue weighted by molar-refractivity contribution is 7.79. The molecule has 2 aromatic carbocycles. The molecule has 9 nitrogen and oxygen atoms in total. The first-order valence-electron chi connectivity index (χ1n) is 14.6. The minimum atomic E-state index is -2.40. The summed E-state index contributed by atoms with van der Waals surface area (Å²) in [5.41, 5.74) is 11.3. The van der Waals surface area contributed by atoms with E-state index in [1.165, 1.54) is 0 Å². The summed E-state index contributed by atoms with van der Waals surface area (Å²) >= 11 is -2.40. The van der Waals surface area contributed by atoms with Crippen LogP contribution in [0.5, 0.6) is 0 Å². The summed E-state index contributed by atoms with van der Waals surface area (Å²) in [4.78, 5) is 28.9. The van der Waals surface area contributed by atoms with Gasteiger partial charge in [0.2, 0.25) is 5.91 Å². The zero-order valence-electron chi connectivity index (χ0n) is 25.5. The Hall–Kier alpha value is -3.26. The summed E-state index contributed by atoms with van der Waals surface area (Å²) < 4.78 is 30.0. The summed E-state index contributed by atoms with van der Waals surface area (Å²) in [7, 11) is 0. The van der Waals surface area contributed by atoms with E-state index in [1.54, 1.807) is 28.9 Å². The fraction of sp³-hybridized carbons (Fsp3) is 0.531. The number of hydrogen-bond donors (Lipinski definition) is 1. The largest absolute Gasteiger partial charge is 0.768 e. The molecule has 228 valence electrons. The number of hydrogen-bond acceptors (Lipinski definition) is 7. The maximum absolute atomic E-state index is 13.3. The molecule has 3 atom stereocenters. The first-order valence-corrected chi connectivity index (χ1v) is 15.7. The number of benzene rings is 2. The van der Waals surface area contributed by atoms with E-state index < -0.39 is 17.1 Å². The number of rotatable bonds is 10. The van der Waals surface area contributed by atoms with Crippen LogP contribution in [0.1, 0.15) is 92.7 Å². The van der Waals surface area contributed by atoms with Crippen molar-refractivity contribution >= 4 is 23.1 Å². The molecule has 0 radical (unpaired) electrons. The summed E-state index contributed by atoms with van der Waals surface area (Å²) in [6, 6.07) is 10.7. The van der Waals surface area contributed by atoms with Crippen molar-refractivity contribution in [2.75, 3.05) is 32.8 Å². The van der Waals surface area contributed by atoms with E-state index in [9.17, 15) is 23.6 Å². The molecule has 1 heterocycles. The van der Waals surface area contributed by atoms with Crippen LogP contribution in [-0.4, -0.2) is 69.4 Å². The zero-order chi connectivity index (χ0) is 31.1. The van der Waals surface area contributed by atoms with E-state index in [0.29, 0.717) is 49.7 Å². The standard InChI is InChI=1S/C32H44N4O5S/c1-7-41-32(38)36-12-10-35(11-13-36)31(37)29(34)18-26-15-23(19-33)8-9-24(26)14-22(6)28-17-25(20(2)3)16-27(21(4)5)30(28)42(39)40/h8-9,15-17,20-22,29H,7,10-14,18,34H2,1-6H3,(H,39,40)/p-1. The molecule has 0 saturated carbocycles. The number of nitriles is 1. The summed E-state index contributed by atoms with van der Waals surface area (Å²) in [6.07, 6.45) is 0.367. The number of piperazine rings is 1. The molecule has 0 bridgehead atoms. The third kappa shape index (κ3) is 7.97. The van der Waals surface area contributed by atoms with Gasteiger partial charge in [-0.2, -0.15) is 5.26 Å². The monoisotopic (exact) mass is 595 g/mol. The van der Waals surface area contributed by atoms with Crippen LogP contribution in [0.4, 0.5) is 4.79 Å². The lowest BCUT2D eigenvalue weighted by Crippen LogP contribution is -2.54. The van der Waals surface area contributed by atoms with Gasteiger partial charge in [0.05, 0.1) is 24.3 Å². The molecule has 0 spiro atoms. The molecule has 1 fully saturated rings. The van der Waals surface area contributed by atoms with Gasteiger partial charge in [0.25, 0.3) is 0 Å². The fourth-order valence-electron chi connectivity index (χ4n) is 5.43. The van der Waals surface area contributed by atoms with Crippen molar-refractivity contribution in [3.05, 3.63) is 63.7 Å². The third-order valence-electron chi connectivity index (χ3n) is 7.89. The van der Waals surface area contributed by atoms with Crippen LogP contribution in [0.3, 0.4) is 0 Å². The van der Waals surface area contributed by atoms with Gasteiger partial charge in [0.1, 0.15) is 0 Å². The van der Waals surface area contributed by atoms with E-state index in [1.807, 2.05) is 39.0 Å². The van der Waals surface area contributed by atoms with Crippen molar-refractivity contribution in [1.29, 1.82) is 5.26 Å². The maximum Gasteiger partial charge on any atom is 0.409 e. The molecule has 1 aliphatic rings. The maximum atomic E-state index is 13.3. The molecular weight excluding hydrogens is 552 g/mol. The van der Waals surface area contributed by atoms with E-state index >= 15 is 0 Å². The molecule has 2 N–H and O–H groups in total. The fourth-order valence-corrected chi connectivity index (χ4v) is 6.37. The van der Waals surface area contributed by atoms with Crippen LogP contribution >= 0.6 is 0 Å². The van der Waals surface area contributed by atoms with E-state index in [0.717, 1.165) is 27.8 Å². The number of nitrogens with two attached hydrogens (primary N) is 1. The van der Waals surface area contributed by atoms with Gasteiger partial charge in [-0.05, 0) is 88.5 Å². The van der Waals surface area contributed by atoms with Crippen LogP contribution in [0.25, 0.3) is 0 Å². The Morgan fingerprint density at radius 1 is 0.976 bits per heavy atom. The van der Waals surface area contributed by atoms with Gasteiger partial charge >= 0.3 is 6.09 Å². The van der Waals surface area contributed by atoms with Crippen LogP contribution in [0.15, 0.2) is 35.2 Å².